The maximum Gasteiger partial charge on any atom is 0.341 e. The number of para-hydroxylation sites is 1. The fourth-order valence-electron chi connectivity index (χ4n) is 2.50. The van der Waals surface area contributed by atoms with Crippen molar-refractivity contribution < 1.29 is 24.2 Å². The first-order valence-corrected chi connectivity index (χ1v) is 9.91. The van der Waals surface area contributed by atoms with E-state index in [-0.39, 0.29) is 5.91 Å². The molecule has 0 spiro atoms. The third-order valence-electron chi connectivity index (χ3n) is 3.72. The molecule has 0 bridgehead atoms. The molecular weight excluding hydrogens is 412 g/mol. The van der Waals surface area contributed by atoms with Crippen molar-refractivity contribution in [2.45, 2.75) is 6.92 Å². The number of hydrogen-bond acceptors (Lipinski definition) is 7. The van der Waals surface area contributed by atoms with E-state index in [2.05, 4.69) is 5.43 Å². The van der Waals surface area contributed by atoms with Gasteiger partial charge in [-0.1, -0.05) is 36.0 Å². The predicted molar refractivity (Wildman–Crippen MR) is 116 cm³/mol. The van der Waals surface area contributed by atoms with Crippen LogP contribution in [0.2, 0.25) is 0 Å². The summed E-state index contributed by atoms with van der Waals surface area (Å²) in [4.78, 5) is 23.9. The quantitative estimate of drug-likeness (QED) is 0.483. The highest BCUT2D eigenvalue weighted by Crippen LogP contribution is 2.35. The number of carbonyl (C=O) groups excluding carboxylic acids is 1. The summed E-state index contributed by atoms with van der Waals surface area (Å²) in [6.07, 6.45) is 1.70. The molecule has 1 aliphatic heterocycles. The van der Waals surface area contributed by atoms with Gasteiger partial charge in [0.2, 0.25) is 0 Å². The monoisotopic (exact) mass is 430 g/mol. The number of nitrogens with zero attached hydrogens (tertiary/aromatic N) is 1. The van der Waals surface area contributed by atoms with E-state index in [0.717, 1.165) is 5.69 Å². The molecule has 29 heavy (non-hydrogen) atoms. The molecule has 1 fully saturated rings. The molecule has 1 aliphatic rings. The van der Waals surface area contributed by atoms with Crippen LogP contribution in [0.25, 0.3) is 6.08 Å². The Kier molecular flexibility index (Phi) is 6.73. The second-order valence-electron chi connectivity index (χ2n) is 5.82. The van der Waals surface area contributed by atoms with Crippen molar-refractivity contribution in [3.8, 4) is 11.5 Å². The first kappa shape index (κ1) is 20.7. The van der Waals surface area contributed by atoms with Crippen LogP contribution >= 0.6 is 24.0 Å². The molecular formula is C20H18N2O5S2. The van der Waals surface area contributed by atoms with Crippen molar-refractivity contribution in [3.63, 3.8) is 0 Å². The van der Waals surface area contributed by atoms with Crippen molar-refractivity contribution in [1.29, 1.82) is 0 Å². The molecule has 0 radical (unpaired) electrons. The molecule has 0 atom stereocenters. The maximum atomic E-state index is 12.7. The minimum absolute atomic E-state index is 0.256. The van der Waals surface area contributed by atoms with Crippen LogP contribution in [0.15, 0.2) is 53.4 Å². The van der Waals surface area contributed by atoms with Gasteiger partial charge in [-0.3, -0.25) is 10.2 Å². The number of amides is 1. The predicted octanol–water partition coefficient (Wildman–Crippen LogP) is 3.78. The van der Waals surface area contributed by atoms with E-state index in [0.29, 0.717) is 32.9 Å². The maximum absolute atomic E-state index is 12.7. The van der Waals surface area contributed by atoms with Crippen molar-refractivity contribution in [3.05, 3.63) is 59.0 Å². The van der Waals surface area contributed by atoms with Crippen LogP contribution in [0.5, 0.6) is 11.5 Å². The van der Waals surface area contributed by atoms with Crippen LogP contribution in [0, 0.1) is 0 Å². The van der Waals surface area contributed by atoms with Gasteiger partial charge in [-0.05, 0) is 55.0 Å². The number of ether oxygens (including phenoxy) is 2. The molecule has 1 saturated heterocycles. The second kappa shape index (κ2) is 9.44. The van der Waals surface area contributed by atoms with Crippen molar-refractivity contribution in [1.82, 2.24) is 5.01 Å². The minimum atomic E-state index is -1.08. The smallest absolute Gasteiger partial charge is 0.341 e. The van der Waals surface area contributed by atoms with Crippen molar-refractivity contribution in [2.75, 3.05) is 18.6 Å². The van der Waals surface area contributed by atoms with Crippen molar-refractivity contribution in [2.24, 2.45) is 0 Å². The number of anilines is 1. The number of carbonyl (C=O) groups is 2. The van der Waals surface area contributed by atoms with Gasteiger partial charge in [-0.2, -0.15) is 0 Å². The Morgan fingerprint density at radius 2 is 1.97 bits per heavy atom. The summed E-state index contributed by atoms with van der Waals surface area (Å²) in [5.74, 6) is -0.607. The molecule has 3 rings (SSSR count). The number of carboxylic acid groups (broad SMARTS) is 1. The number of hydrogen-bond donors (Lipinski definition) is 2. The van der Waals surface area contributed by atoms with E-state index in [4.69, 9.17) is 26.8 Å². The van der Waals surface area contributed by atoms with E-state index in [1.807, 2.05) is 37.3 Å². The van der Waals surface area contributed by atoms with E-state index < -0.39 is 12.6 Å². The Labute approximate surface area is 177 Å². The number of carboxylic acids is 1. The molecule has 0 aromatic heterocycles. The summed E-state index contributed by atoms with van der Waals surface area (Å²) < 4.78 is 11.2. The summed E-state index contributed by atoms with van der Waals surface area (Å²) in [5, 5.41) is 10.1. The molecule has 1 amide bonds. The van der Waals surface area contributed by atoms with E-state index >= 15 is 0 Å². The first-order chi connectivity index (χ1) is 14.0. The highest BCUT2D eigenvalue weighted by molar-refractivity contribution is 8.26. The summed E-state index contributed by atoms with van der Waals surface area (Å²) >= 11 is 6.51. The second-order valence-corrected chi connectivity index (χ2v) is 7.49. The number of nitrogens with one attached hydrogen (secondary N) is 1. The van der Waals surface area contributed by atoms with E-state index in [1.165, 1.54) is 16.8 Å². The average Bonchev–Trinajstić information content (AvgIpc) is 2.96. The summed E-state index contributed by atoms with van der Waals surface area (Å²) in [5.41, 5.74) is 4.46. The van der Waals surface area contributed by atoms with Crippen LogP contribution in [0.1, 0.15) is 12.5 Å². The van der Waals surface area contributed by atoms with Gasteiger partial charge >= 0.3 is 5.97 Å². The molecule has 7 nitrogen and oxygen atoms in total. The van der Waals surface area contributed by atoms with Crippen LogP contribution in [0.4, 0.5) is 5.69 Å². The number of benzene rings is 2. The first-order valence-electron chi connectivity index (χ1n) is 8.69. The third kappa shape index (κ3) is 5.27. The molecule has 150 valence electrons. The topological polar surface area (TPSA) is 88.1 Å². The summed E-state index contributed by atoms with van der Waals surface area (Å²) in [6, 6.07) is 14.3. The largest absolute Gasteiger partial charge is 0.490 e. The molecule has 0 aliphatic carbocycles. The lowest BCUT2D eigenvalue weighted by atomic mass is 10.2. The summed E-state index contributed by atoms with van der Waals surface area (Å²) in [7, 11) is 0. The zero-order valence-corrected chi connectivity index (χ0v) is 17.1. The lowest BCUT2D eigenvalue weighted by Crippen LogP contribution is -2.33. The van der Waals surface area contributed by atoms with Crippen molar-refractivity contribution >= 4 is 51.9 Å². The Hall–Kier alpha value is -3.04. The van der Waals surface area contributed by atoms with Gasteiger partial charge in [-0.25, -0.2) is 9.80 Å². The Morgan fingerprint density at radius 3 is 2.66 bits per heavy atom. The van der Waals surface area contributed by atoms with Gasteiger partial charge in [0.25, 0.3) is 5.91 Å². The fraction of sp³-hybridized carbons (Fsp3) is 0.150. The van der Waals surface area contributed by atoms with Gasteiger partial charge in [-0.15, -0.1) is 0 Å². The third-order valence-corrected chi connectivity index (χ3v) is 5.03. The Morgan fingerprint density at radius 1 is 1.21 bits per heavy atom. The average molecular weight is 431 g/mol. The molecule has 1 heterocycles. The number of hydrazine groups is 1. The van der Waals surface area contributed by atoms with Crippen LogP contribution < -0.4 is 14.9 Å². The fourth-order valence-corrected chi connectivity index (χ4v) is 3.68. The molecule has 9 heteroatoms. The lowest BCUT2D eigenvalue weighted by molar-refractivity contribution is -0.139. The zero-order chi connectivity index (χ0) is 20.8. The minimum Gasteiger partial charge on any atom is -0.490 e. The van der Waals surface area contributed by atoms with E-state index in [1.54, 1.807) is 24.3 Å². The van der Waals surface area contributed by atoms with Crippen LogP contribution in [-0.4, -0.2) is 39.5 Å². The lowest BCUT2D eigenvalue weighted by Gasteiger charge is -2.16. The van der Waals surface area contributed by atoms with Gasteiger partial charge < -0.3 is 14.6 Å². The highest BCUT2D eigenvalue weighted by Gasteiger charge is 2.32. The van der Waals surface area contributed by atoms with E-state index in [9.17, 15) is 9.59 Å². The molecule has 2 aromatic carbocycles. The van der Waals surface area contributed by atoms with Gasteiger partial charge in [0, 0.05) is 0 Å². The van der Waals surface area contributed by atoms with Gasteiger partial charge in [0.15, 0.2) is 22.4 Å². The van der Waals surface area contributed by atoms with Crippen LogP contribution in [0.3, 0.4) is 0 Å². The Bertz CT molecular complexity index is 963. The van der Waals surface area contributed by atoms with Gasteiger partial charge in [0.1, 0.15) is 0 Å². The molecule has 0 saturated carbocycles. The normalized spacial score (nSPS) is 14.9. The molecule has 2 aromatic rings. The molecule has 0 unspecified atom stereocenters. The standard InChI is InChI=1S/C20H18N2O5S2/c1-2-26-16-10-13(8-9-15(16)27-12-18(23)24)11-17-19(25)22(20(28)29-17)21-14-6-4-3-5-7-14/h3-11,21H,2,12H2,1H3,(H,23,24)/b17-11+. The number of aliphatic carboxylic acids is 1. The number of thioether (sulfide) groups is 1. The van der Waals surface area contributed by atoms with Crippen LogP contribution in [-0.2, 0) is 9.59 Å². The number of thiocarbonyl (C=S) groups is 1. The Balaban J connectivity index is 1.80. The molecule has 2 N–H and O–H groups in total. The van der Waals surface area contributed by atoms with Gasteiger partial charge in [0.05, 0.1) is 17.2 Å². The summed E-state index contributed by atoms with van der Waals surface area (Å²) in [6.45, 7) is 1.73. The highest BCUT2D eigenvalue weighted by atomic mass is 32.2. The SMILES string of the molecule is CCOc1cc(/C=C2/SC(=S)N(Nc3ccccc3)C2=O)ccc1OCC(=O)O. The number of rotatable bonds is 8. The zero-order valence-electron chi connectivity index (χ0n) is 15.5.